The van der Waals surface area contributed by atoms with E-state index < -0.39 is 12.1 Å². The summed E-state index contributed by atoms with van der Waals surface area (Å²) in [5.74, 6) is -0.0577. The maximum atomic E-state index is 12.1. The molecule has 0 aliphatic rings. The number of aliphatic hydroxyl groups is 2. The molecule has 0 aliphatic carbocycles. The molecule has 0 rings (SSSR count). The highest BCUT2D eigenvalue weighted by Gasteiger charge is 2.19. The number of carbonyl (C=O) groups is 1. The first-order valence-corrected chi connectivity index (χ1v) is 13.2. The van der Waals surface area contributed by atoms with Crippen molar-refractivity contribution >= 4 is 5.91 Å². The quantitative estimate of drug-likeness (QED) is 0.126. The first-order chi connectivity index (χ1) is 15.7. The average molecular weight is 450 g/mol. The fourth-order valence-corrected chi connectivity index (χ4v) is 3.61. The van der Waals surface area contributed by atoms with Crippen LogP contribution in [0.3, 0.4) is 0 Å². The van der Waals surface area contributed by atoms with Gasteiger partial charge < -0.3 is 15.5 Å². The Labute approximate surface area is 198 Å². The monoisotopic (exact) mass is 449 g/mol. The lowest BCUT2D eigenvalue weighted by atomic mass is 10.0. The van der Waals surface area contributed by atoms with Gasteiger partial charge in [-0.05, 0) is 44.9 Å². The van der Waals surface area contributed by atoms with Crippen LogP contribution in [-0.4, -0.2) is 34.9 Å². The lowest BCUT2D eigenvalue weighted by Crippen LogP contribution is -2.45. The van der Waals surface area contributed by atoms with E-state index in [1.54, 1.807) is 0 Å². The van der Waals surface area contributed by atoms with Crippen molar-refractivity contribution in [3.63, 3.8) is 0 Å². The maximum Gasteiger partial charge on any atom is 0.220 e. The summed E-state index contributed by atoms with van der Waals surface area (Å²) in [5, 5.41) is 22.4. The molecule has 32 heavy (non-hydrogen) atoms. The van der Waals surface area contributed by atoms with Gasteiger partial charge in [-0.1, -0.05) is 102 Å². The molecule has 0 radical (unpaired) electrons. The van der Waals surface area contributed by atoms with Crippen LogP contribution in [0.1, 0.15) is 117 Å². The number of aliphatic hydroxyl groups excluding tert-OH is 2. The van der Waals surface area contributed by atoms with Gasteiger partial charge in [0.1, 0.15) is 0 Å². The SMILES string of the molecule is CC/C=C\C/C=C\C/C=C\CCCCCCCCCC(=O)NC(CO)C(O)CCCCC. The van der Waals surface area contributed by atoms with Gasteiger partial charge in [0.25, 0.3) is 0 Å². The van der Waals surface area contributed by atoms with E-state index >= 15 is 0 Å². The zero-order valence-corrected chi connectivity index (χ0v) is 20.9. The molecule has 0 heterocycles. The number of hydrogen-bond donors (Lipinski definition) is 3. The number of unbranched alkanes of at least 4 members (excludes halogenated alkanes) is 9. The summed E-state index contributed by atoms with van der Waals surface area (Å²) in [5.41, 5.74) is 0. The minimum absolute atomic E-state index is 0.0577. The van der Waals surface area contributed by atoms with Gasteiger partial charge >= 0.3 is 0 Å². The molecule has 0 fully saturated rings. The Bertz CT molecular complexity index is 499. The molecular weight excluding hydrogens is 398 g/mol. The van der Waals surface area contributed by atoms with Crippen molar-refractivity contribution in [1.82, 2.24) is 5.32 Å². The van der Waals surface area contributed by atoms with E-state index in [4.69, 9.17) is 0 Å². The van der Waals surface area contributed by atoms with Crippen molar-refractivity contribution in [3.05, 3.63) is 36.5 Å². The molecule has 0 aromatic rings. The molecule has 0 aromatic carbocycles. The molecule has 3 N–H and O–H groups in total. The fourth-order valence-electron chi connectivity index (χ4n) is 3.61. The minimum Gasteiger partial charge on any atom is -0.394 e. The third-order valence-corrected chi connectivity index (χ3v) is 5.67. The van der Waals surface area contributed by atoms with Gasteiger partial charge in [0.15, 0.2) is 0 Å². The van der Waals surface area contributed by atoms with Crippen LogP contribution < -0.4 is 5.32 Å². The third-order valence-electron chi connectivity index (χ3n) is 5.67. The molecule has 2 unspecified atom stereocenters. The van der Waals surface area contributed by atoms with Crippen LogP contribution in [0.25, 0.3) is 0 Å². The second kappa shape index (κ2) is 24.3. The van der Waals surface area contributed by atoms with Crippen molar-refractivity contribution in [3.8, 4) is 0 Å². The van der Waals surface area contributed by atoms with Crippen LogP contribution in [0.15, 0.2) is 36.5 Å². The van der Waals surface area contributed by atoms with E-state index in [0.29, 0.717) is 12.8 Å². The first-order valence-electron chi connectivity index (χ1n) is 13.2. The summed E-state index contributed by atoms with van der Waals surface area (Å²) in [6, 6.07) is -0.535. The van der Waals surface area contributed by atoms with Crippen LogP contribution in [0.2, 0.25) is 0 Å². The van der Waals surface area contributed by atoms with Crippen molar-refractivity contribution in [2.24, 2.45) is 0 Å². The molecule has 0 saturated heterocycles. The van der Waals surface area contributed by atoms with E-state index in [1.807, 2.05) is 0 Å². The molecule has 0 bridgehead atoms. The van der Waals surface area contributed by atoms with Crippen molar-refractivity contribution in [1.29, 1.82) is 0 Å². The predicted molar refractivity (Wildman–Crippen MR) is 138 cm³/mol. The van der Waals surface area contributed by atoms with Gasteiger partial charge in [-0.3, -0.25) is 4.79 Å². The van der Waals surface area contributed by atoms with Crippen LogP contribution >= 0.6 is 0 Å². The lowest BCUT2D eigenvalue weighted by Gasteiger charge is -2.22. The van der Waals surface area contributed by atoms with E-state index in [2.05, 4.69) is 55.6 Å². The van der Waals surface area contributed by atoms with Crippen LogP contribution in [0.4, 0.5) is 0 Å². The summed E-state index contributed by atoms with van der Waals surface area (Å²) in [4.78, 5) is 12.1. The Morgan fingerprint density at radius 1 is 0.781 bits per heavy atom. The van der Waals surface area contributed by atoms with Gasteiger partial charge in [-0.2, -0.15) is 0 Å². The fraction of sp³-hybridized carbons (Fsp3) is 0.750. The van der Waals surface area contributed by atoms with Crippen LogP contribution in [0.5, 0.6) is 0 Å². The summed E-state index contributed by atoms with van der Waals surface area (Å²) in [6.07, 6.45) is 29.4. The topological polar surface area (TPSA) is 69.6 Å². The molecular formula is C28H51NO3. The number of amides is 1. The van der Waals surface area contributed by atoms with Gasteiger partial charge in [0.05, 0.1) is 18.8 Å². The molecule has 0 aromatic heterocycles. The van der Waals surface area contributed by atoms with E-state index in [-0.39, 0.29) is 12.5 Å². The van der Waals surface area contributed by atoms with E-state index in [0.717, 1.165) is 51.4 Å². The molecule has 0 spiro atoms. The molecule has 4 heteroatoms. The molecule has 1 amide bonds. The smallest absolute Gasteiger partial charge is 0.220 e. The standard InChI is InChI=1S/C28H51NO3/c1-3-5-7-8-9-10-11-12-13-14-15-16-17-18-19-20-22-24-28(32)29-26(25-30)27(31)23-21-6-4-2/h5,7,9-10,12-13,26-27,30-31H,3-4,6,8,11,14-25H2,1-2H3,(H,29,32)/b7-5-,10-9-,13-12-. The maximum absolute atomic E-state index is 12.1. The Morgan fingerprint density at radius 2 is 1.38 bits per heavy atom. The van der Waals surface area contributed by atoms with Crippen LogP contribution in [0, 0.1) is 0 Å². The molecule has 4 nitrogen and oxygen atoms in total. The first kappa shape index (κ1) is 30.6. The Hall–Kier alpha value is -1.39. The molecule has 0 saturated carbocycles. The molecule has 2 atom stereocenters. The number of carbonyl (C=O) groups excluding carboxylic acids is 1. The summed E-state index contributed by atoms with van der Waals surface area (Å²) < 4.78 is 0. The second-order valence-electron chi connectivity index (χ2n) is 8.73. The van der Waals surface area contributed by atoms with Gasteiger partial charge in [-0.15, -0.1) is 0 Å². The molecule has 186 valence electrons. The van der Waals surface area contributed by atoms with Gasteiger partial charge in [0, 0.05) is 6.42 Å². The normalized spacial score (nSPS) is 14.0. The Balaban J connectivity index is 3.56. The number of hydrogen-bond acceptors (Lipinski definition) is 3. The van der Waals surface area contributed by atoms with Crippen molar-refractivity contribution in [2.45, 2.75) is 129 Å². The zero-order valence-electron chi connectivity index (χ0n) is 20.9. The highest BCUT2D eigenvalue weighted by molar-refractivity contribution is 5.76. The Kier molecular flexibility index (Phi) is 23.2. The third kappa shape index (κ3) is 20.5. The predicted octanol–water partition coefficient (Wildman–Crippen LogP) is 6.77. The highest BCUT2D eigenvalue weighted by Crippen LogP contribution is 2.11. The largest absolute Gasteiger partial charge is 0.394 e. The molecule has 0 aliphatic heterocycles. The number of nitrogens with one attached hydrogen (secondary N) is 1. The van der Waals surface area contributed by atoms with Crippen molar-refractivity contribution in [2.75, 3.05) is 6.61 Å². The average Bonchev–Trinajstić information content (AvgIpc) is 2.79. The van der Waals surface area contributed by atoms with E-state index in [9.17, 15) is 15.0 Å². The summed E-state index contributed by atoms with van der Waals surface area (Å²) in [7, 11) is 0. The summed E-state index contributed by atoms with van der Waals surface area (Å²) in [6.45, 7) is 4.06. The van der Waals surface area contributed by atoms with E-state index in [1.165, 1.54) is 38.5 Å². The minimum atomic E-state index is -0.658. The Morgan fingerprint density at radius 3 is 2.00 bits per heavy atom. The number of rotatable bonds is 22. The van der Waals surface area contributed by atoms with Gasteiger partial charge in [0.2, 0.25) is 5.91 Å². The summed E-state index contributed by atoms with van der Waals surface area (Å²) >= 11 is 0. The van der Waals surface area contributed by atoms with Crippen LogP contribution in [-0.2, 0) is 4.79 Å². The second-order valence-corrected chi connectivity index (χ2v) is 8.73. The number of allylic oxidation sites excluding steroid dienone is 6. The zero-order chi connectivity index (χ0) is 23.7. The van der Waals surface area contributed by atoms with Crippen molar-refractivity contribution < 1.29 is 15.0 Å². The lowest BCUT2D eigenvalue weighted by molar-refractivity contribution is -0.123. The van der Waals surface area contributed by atoms with Gasteiger partial charge in [-0.25, -0.2) is 0 Å². The highest BCUT2D eigenvalue weighted by atomic mass is 16.3.